The van der Waals surface area contributed by atoms with E-state index in [0.29, 0.717) is 28.0 Å². The van der Waals surface area contributed by atoms with Gasteiger partial charge in [0.1, 0.15) is 11.9 Å². The second-order valence-corrected chi connectivity index (χ2v) is 6.06. The number of aryl methyl sites for hydroxylation is 1. The Balaban J connectivity index is 1.90. The van der Waals surface area contributed by atoms with Crippen molar-refractivity contribution in [3.8, 4) is 6.07 Å². The van der Waals surface area contributed by atoms with Crippen LogP contribution in [0, 0.1) is 18.3 Å². The Labute approximate surface area is 143 Å². The van der Waals surface area contributed by atoms with E-state index in [1.807, 2.05) is 25.3 Å². The number of hydrogen-bond donors (Lipinski definition) is 4. The number of hydrogen-bond acceptors (Lipinski definition) is 4. The molecule has 4 N–H and O–H groups in total. The minimum atomic E-state index is -1.01. The summed E-state index contributed by atoms with van der Waals surface area (Å²) < 4.78 is 0. The van der Waals surface area contributed by atoms with Gasteiger partial charge in [-0.15, -0.1) is 0 Å². The molecule has 0 spiro atoms. The number of imidazole rings is 1. The number of benzene rings is 2. The monoisotopic (exact) mass is 332 g/mol. The molecule has 0 aliphatic carbocycles. The third-order valence-electron chi connectivity index (χ3n) is 4.50. The Morgan fingerprint density at radius 3 is 2.88 bits per heavy atom. The minimum absolute atomic E-state index is 0.173. The van der Waals surface area contributed by atoms with Crippen molar-refractivity contribution in [2.75, 3.05) is 0 Å². The molecule has 6 heteroatoms. The van der Waals surface area contributed by atoms with Gasteiger partial charge in [-0.2, -0.15) is 5.26 Å². The zero-order valence-corrected chi connectivity index (χ0v) is 13.5. The number of nitriles is 1. The molecule has 0 saturated carbocycles. The van der Waals surface area contributed by atoms with E-state index in [-0.39, 0.29) is 6.61 Å². The highest BCUT2D eigenvalue weighted by atomic mass is 16.3. The van der Waals surface area contributed by atoms with Crippen molar-refractivity contribution in [1.29, 1.82) is 5.26 Å². The second kappa shape index (κ2) is 5.74. The van der Waals surface area contributed by atoms with Gasteiger partial charge in [0.05, 0.1) is 29.3 Å². The van der Waals surface area contributed by atoms with Crippen LogP contribution in [0.1, 0.15) is 34.2 Å². The van der Waals surface area contributed by atoms with Gasteiger partial charge in [-0.3, -0.25) is 0 Å². The maximum atomic E-state index is 11.0. The first kappa shape index (κ1) is 15.4. The van der Waals surface area contributed by atoms with E-state index in [1.54, 1.807) is 18.2 Å². The summed E-state index contributed by atoms with van der Waals surface area (Å²) in [7, 11) is 0. The lowest BCUT2D eigenvalue weighted by molar-refractivity contribution is 0.206. The Hall–Kier alpha value is -3.14. The highest BCUT2D eigenvalue weighted by molar-refractivity contribution is 5.88. The first-order valence-electron chi connectivity index (χ1n) is 7.90. The summed E-state index contributed by atoms with van der Waals surface area (Å²) in [5, 5.41) is 30.6. The van der Waals surface area contributed by atoms with Gasteiger partial charge >= 0.3 is 0 Å². The molecular formula is C19H16N4O2. The Kier molecular flexibility index (Phi) is 3.53. The molecule has 4 aromatic rings. The van der Waals surface area contributed by atoms with E-state index in [9.17, 15) is 10.2 Å². The van der Waals surface area contributed by atoms with Crippen LogP contribution in [0.3, 0.4) is 0 Å². The number of nitrogens with zero attached hydrogens (tertiary/aromatic N) is 2. The van der Waals surface area contributed by atoms with E-state index >= 15 is 0 Å². The molecule has 2 aromatic carbocycles. The quantitative estimate of drug-likeness (QED) is 0.462. The van der Waals surface area contributed by atoms with Gasteiger partial charge in [0.25, 0.3) is 0 Å². The molecule has 0 aliphatic rings. The van der Waals surface area contributed by atoms with Gasteiger partial charge in [-0.1, -0.05) is 6.07 Å². The molecular weight excluding hydrogens is 316 g/mol. The fraction of sp³-hybridized carbons (Fsp3) is 0.158. The third-order valence-corrected chi connectivity index (χ3v) is 4.50. The lowest BCUT2D eigenvalue weighted by Crippen LogP contribution is -2.07. The normalized spacial score (nSPS) is 12.6. The molecule has 0 fully saturated rings. The lowest BCUT2D eigenvalue weighted by Gasteiger charge is -2.15. The maximum absolute atomic E-state index is 11.0. The Bertz CT molecular complexity index is 1130. The van der Waals surface area contributed by atoms with Crippen LogP contribution < -0.4 is 0 Å². The average Bonchev–Trinajstić information content (AvgIpc) is 3.27. The topological polar surface area (TPSA) is 109 Å². The molecule has 0 radical (unpaired) electrons. The van der Waals surface area contributed by atoms with Gasteiger partial charge in [-0.05, 0) is 42.3 Å². The summed E-state index contributed by atoms with van der Waals surface area (Å²) in [5.41, 5.74) is 5.10. The van der Waals surface area contributed by atoms with E-state index in [2.05, 4.69) is 21.0 Å². The molecule has 0 bridgehead atoms. The van der Waals surface area contributed by atoms with E-state index in [0.717, 1.165) is 22.0 Å². The molecule has 2 aromatic heterocycles. The number of aromatic amines is 2. The average molecular weight is 332 g/mol. The zero-order valence-electron chi connectivity index (χ0n) is 13.5. The van der Waals surface area contributed by atoms with Crippen molar-refractivity contribution in [1.82, 2.24) is 15.0 Å². The molecule has 124 valence electrons. The number of H-pyrrole nitrogens is 2. The molecule has 25 heavy (non-hydrogen) atoms. The zero-order chi connectivity index (χ0) is 17.6. The standard InChI is InChI=1S/C19H16N4O2/c1-10-6-12(9-24)16(13-4-5-21-17(10)13)18(25)19-22-14-3-2-11(8-20)7-15(14)23-19/h2-7,18,21,24-25H,9H2,1H3,(H,22,23). The van der Waals surface area contributed by atoms with Crippen LogP contribution in [0.2, 0.25) is 0 Å². The molecule has 0 aliphatic heterocycles. The van der Waals surface area contributed by atoms with Crippen molar-refractivity contribution >= 4 is 21.9 Å². The molecule has 6 nitrogen and oxygen atoms in total. The molecule has 0 amide bonds. The highest BCUT2D eigenvalue weighted by Gasteiger charge is 2.22. The summed E-state index contributed by atoms with van der Waals surface area (Å²) in [4.78, 5) is 10.7. The SMILES string of the molecule is Cc1cc(CO)c(C(O)c2nc3cc(C#N)ccc3[nH]2)c2cc[nH]c12. The summed E-state index contributed by atoms with van der Waals surface area (Å²) in [6, 6.07) is 11.0. The number of aliphatic hydroxyl groups is 2. The van der Waals surface area contributed by atoms with Gasteiger partial charge in [0.2, 0.25) is 0 Å². The lowest BCUT2D eigenvalue weighted by atomic mass is 9.95. The van der Waals surface area contributed by atoms with Gasteiger partial charge in [-0.25, -0.2) is 4.98 Å². The Morgan fingerprint density at radius 2 is 2.12 bits per heavy atom. The van der Waals surface area contributed by atoms with Crippen molar-refractivity contribution in [2.45, 2.75) is 19.6 Å². The van der Waals surface area contributed by atoms with Crippen LogP contribution in [-0.2, 0) is 6.61 Å². The molecule has 0 saturated heterocycles. The van der Waals surface area contributed by atoms with Gasteiger partial charge in [0, 0.05) is 22.7 Å². The molecule has 1 atom stereocenters. The predicted molar refractivity (Wildman–Crippen MR) is 93.8 cm³/mol. The highest BCUT2D eigenvalue weighted by Crippen LogP contribution is 2.33. The number of fused-ring (bicyclic) bond motifs is 2. The first-order chi connectivity index (χ1) is 12.1. The molecule has 2 heterocycles. The number of aliphatic hydroxyl groups excluding tert-OH is 2. The van der Waals surface area contributed by atoms with Crippen molar-refractivity contribution in [3.63, 3.8) is 0 Å². The fourth-order valence-electron chi connectivity index (χ4n) is 3.32. The summed E-state index contributed by atoms with van der Waals surface area (Å²) >= 11 is 0. The number of rotatable bonds is 3. The Morgan fingerprint density at radius 1 is 1.28 bits per heavy atom. The van der Waals surface area contributed by atoms with E-state index in [1.165, 1.54) is 0 Å². The van der Waals surface area contributed by atoms with Crippen LogP contribution in [-0.4, -0.2) is 25.2 Å². The first-order valence-corrected chi connectivity index (χ1v) is 7.90. The summed E-state index contributed by atoms with van der Waals surface area (Å²) in [6.07, 6.45) is 0.798. The smallest absolute Gasteiger partial charge is 0.140 e. The van der Waals surface area contributed by atoms with E-state index < -0.39 is 6.10 Å². The fourth-order valence-corrected chi connectivity index (χ4v) is 3.32. The number of nitrogens with one attached hydrogen (secondary N) is 2. The predicted octanol–water partition coefficient (Wildman–Crippen LogP) is 2.80. The van der Waals surface area contributed by atoms with E-state index in [4.69, 9.17) is 5.26 Å². The van der Waals surface area contributed by atoms with Gasteiger partial charge in [0.15, 0.2) is 0 Å². The van der Waals surface area contributed by atoms with Crippen LogP contribution in [0.15, 0.2) is 36.5 Å². The second-order valence-electron chi connectivity index (χ2n) is 6.06. The van der Waals surface area contributed by atoms with Crippen LogP contribution in [0.5, 0.6) is 0 Å². The molecule has 1 unspecified atom stereocenters. The van der Waals surface area contributed by atoms with Crippen molar-refractivity contribution in [2.24, 2.45) is 0 Å². The summed E-state index contributed by atoms with van der Waals surface area (Å²) in [5.74, 6) is 0.381. The van der Waals surface area contributed by atoms with Gasteiger partial charge < -0.3 is 20.2 Å². The van der Waals surface area contributed by atoms with Crippen LogP contribution >= 0.6 is 0 Å². The van der Waals surface area contributed by atoms with Crippen LogP contribution in [0.25, 0.3) is 21.9 Å². The van der Waals surface area contributed by atoms with Crippen LogP contribution in [0.4, 0.5) is 0 Å². The summed E-state index contributed by atoms with van der Waals surface area (Å²) in [6.45, 7) is 1.78. The minimum Gasteiger partial charge on any atom is -0.392 e. The molecule has 4 rings (SSSR count). The van der Waals surface area contributed by atoms with Crippen molar-refractivity contribution < 1.29 is 10.2 Å². The maximum Gasteiger partial charge on any atom is 0.140 e. The van der Waals surface area contributed by atoms with Crippen molar-refractivity contribution in [3.05, 3.63) is 64.6 Å². The largest absolute Gasteiger partial charge is 0.392 e. The number of aromatic nitrogens is 3. The third kappa shape index (κ3) is 2.38.